The molecule has 2 rings (SSSR count). The number of hydrogen-bond donors (Lipinski definition) is 3. The molecule has 0 atom stereocenters. The summed E-state index contributed by atoms with van der Waals surface area (Å²) in [5.41, 5.74) is 5.13. The van der Waals surface area contributed by atoms with Gasteiger partial charge in [0.15, 0.2) is 0 Å². The SMILES string of the molecule is C=C/C(=C\C=C(/C)F)Cc1cc(C(=O)Nc2cccc([N+](=O)[O-])c2)ccc1NN. The Balaban J connectivity index is 2.29. The number of rotatable bonds is 8. The lowest BCUT2D eigenvalue weighted by Gasteiger charge is -2.12. The van der Waals surface area contributed by atoms with Gasteiger partial charge in [0, 0.05) is 23.4 Å². The summed E-state index contributed by atoms with van der Waals surface area (Å²) in [7, 11) is 0. The molecule has 2 aromatic carbocycles. The monoisotopic (exact) mass is 396 g/mol. The smallest absolute Gasteiger partial charge is 0.271 e. The summed E-state index contributed by atoms with van der Waals surface area (Å²) < 4.78 is 13.0. The van der Waals surface area contributed by atoms with Gasteiger partial charge in [-0.05, 0) is 54.8 Å². The van der Waals surface area contributed by atoms with Crippen molar-refractivity contribution in [2.24, 2.45) is 5.84 Å². The largest absolute Gasteiger partial charge is 0.324 e. The Hall–Kier alpha value is -3.78. The van der Waals surface area contributed by atoms with Crippen molar-refractivity contribution in [3.05, 3.63) is 99.9 Å². The lowest BCUT2D eigenvalue weighted by Crippen LogP contribution is -2.14. The molecule has 0 bridgehead atoms. The van der Waals surface area contributed by atoms with Crippen LogP contribution in [0.3, 0.4) is 0 Å². The zero-order valence-corrected chi connectivity index (χ0v) is 15.8. The summed E-state index contributed by atoms with van der Waals surface area (Å²) in [5.74, 6) is 4.78. The number of benzene rings is 2. The average Bonchev–Trinajstić information content (AvgIpc) is 2.70. The van der Waals surface area contributed by atoms with Gasteiger partial charge in [-0.1, -0.05) is 24.8 Å². The number of carbonyl (C=O) groups is 1. The van der Waals surface area contributed by atoms with E-state index < -0.39 is 10.8 Å². The topological polar surface area (TPSA) is 110 Å². The second kappa shape index (κ2) is 9.95. The number of nitro benzene ring substituents is 1. The van der Waals surface area contributed by atoms with E-state index in [1.807, 2.05) is 0 Å². The summed E-state index contributed by atoms with van der Waals surface area (Å²) in [6.45, 7) is 5.06. The molecule has 0 fully saturated rings. The normalized spacial score (nSPS) is 11.7. The number of allylic oxidation sites excluding steroid dienone is 5. The van der Waals surface area contributed by atoms with Gasteiger partial charge in [0.05, 0.1) is 16.4 Å². The lowest BCUT2D eigenvalue weighted by atomic mass is 10.00. The summed E-state index contributed by atoms with van der Waals surface area (Å²) in [4.78, 5) is 22.9. The Labute approximate surface area is 167 Å². The second-order valence-electron chi connectivity index (χ2n) is 6.15. The van der Waals surface area contributed by atoms with Crippen molar-refractivity contribution in [1.82, 2.24) is 0 Å². The van der Waals surface area contributed by atoms with Gasteiger partial charge in [-0.15, -0.1) is 0 Å². The Morgan fingerprint density at radius 3 is 2.66 bits per heavy atom. The van der Waals surface area contributed by atoms with Crippen LogP contribution in [-0.2, 0) is 6.42 Å². The molecule has 2 aromatic rings. The van der Waals surface area contributed by atoms with Gasteiger partial charge in [0.25, 0.3) is 11.6 Å². The molecule has 0 aliphatic carbocycles. The van der Waals surface area contributed by atoms with E-state index in [1.54, 1.807) is 36.4 Å². The third-order valence-electron chi connectivity index (χ3n) is 4.02. The molecule has 0 aromatic heterocycles. The van der Waals surface area contributed by atoms with Crippen molar-refractivity contribution >= 4 is 23.0 Å². The van der Waals surface area contributed by atoms with Crippen molar-refractivity contribution in [3.8, 4) is 0 Å². The van der Waals surface area contributed by atoms with Crippen LogP contribution in [0.25, 0.3) is 0 Å². The van der Waals surface area contributed by atoms with Gasteiger partial charge in [0.1, 0.15) is 0 Å². The van der Waals surface area contributed by atoms with E-state index >= 15 is 0 Å². The Kier molecular flexibility index (Phi) is 7.39. The number of halogens is 1. The van der Waals surface area contributed by atoms with Crippen LogP contribution in [0, 0.1) is 10.1 Å². The highest BCUT2D eigenvalue weighted by molar-refractivity contribution is 6.04. The van der Waals surface area contributed by atoms with Crippen molar-refractivity contribution in [3.63, 3.8) is 0 Å². The molecule has 0 saturated carbocycles. The van der Waals surface area contributed by atoms with Crippen LogP contribution in [0.2, 0.25) is 0 Å². The fourth-order valence-electron chi connectivity index (χ4n) is 2.56. The molecule has 0 aliphatic rings. The average molecular weight is 396 g/mol. The van der Waals surface area contributed by atoms with Gasteiger partial charge in [-0.3, -0.25) is 20.8 Å². The highest BCUT2D eigenvalue weighted by Gasteiger charge is 2.12. The van der Waals surface area contributed by atoms with Crippen LogP contribution >= 0.6 is 0 Å². The van der Waals surface area contributed by atoms with Crippen molar-refractivity contribution < 1.29 is 14.1 Å². The Bertz CT molecular complexity index is 995. The summed E-state index contributed by atoms with van der Waals surface area (Å²) >= 11 is 0. The molecule has 8 heteroatoms. The molecule has 0 saturated heterocycles. The molecule has 0 radical (unpaired) electrons. The maximum absolute atomic E-state index is 13.0. The number of amides is 1. The molecule has 0 heterocycles. The number of nitro groups is 1. The number of hydrazine groups is 1. The first-order valence-electron chi connectivity index (χ1n) is 8.64. The number of non-ortho nitro benzene ring substituents is 1. The molecule has 7 nitrogen and oxygen atoms in total. The zero-order chi connectivity index (χ0) is 21.4. The number of carbonyl (C=O) groups excluding carboxylic acids is 1. The van der Waals surface area contributed by atoms with Gasteiger partial charge in [-0.25, -0.2) is 4.39 Å². The molecule has 4 N–H and O–H groups in total. The van der Waals surface area contributed by atoms with E-state index in [4.69, 9.17) is 5.84 Å². The lowest BCUT2D eigenvalue weighted by molar-refractivity contribution is -0.384. The predicted octanol–water partition coefficient (Wildman–Crippen LogP) is 4.66. The fourth-order valence-corrected chi connectivity index (χ4v) is 2.56. The van der Waals surface area contributed by atoms with E-state index in [-0.39, 0.29) is 11.5 Å². The van der Waals surface area contributed by atoms with Crippen molar-refractivity contribution in [2.75, 3.05) is 10.7 Å². The molecule has 1 amide bonds. The van der Waals surface area contributed by atoms with Gasteiger partial charge >= 0.3 is 0 Å². The number of nitrogens with one attached hydrogen (secondary N) is 2. The van der Waals surface area contributed by atoms with Gasteiger partial charge < -0.3 is 10.7 Å². The summed E-state index contributed by atoms with van der Waals surface area (Å²) in [5, 5.41) is 13.5. The quantitative estimate of drug-likeness (QED) is 0.260. The molecule has 0 spiro atoms. The molecule has 0 aliphatic heterocycles. The first-order valence-corrected chi connectivity index (χ1v) is 8.64. The van der Waals surface area contributed by atoms with E-state index in [9.17, 15) is 19.3 Å². The van der Waals surface area contributed by atoms with Crippen LogP contribution in [0.4, 0.5) is 21.5 Å². The Morgan fingerprint density at radius 1 is 1.28 bits per heavy atom. The zero-order valence-electron chi connectivity index (χ0n) is 15.8. The highest BCUT2D eigenvalue weighted by Crippen LogP contribution is 2.23. The molecular weight excluding hydrogens is 375 g/mol. The molecular formula is C21H21FN4O3. The fraction of sp³-hybridized carbons (Fsp3) is 0.0952. The first kappa shape index (κ1) is 21.5. The molecule has 29 heavy (non-hydrogen) atoms. The third-order valence-corrected chi connectivity index (χ3v) is 4.02. The van der Waals surface area contributed by atoms with E-state index in [1.165, 1.54) is 31.2 Å². The third kappa shape index (κ3) is 6.12. The van der Waals surface area contributed by atoms with E-state index in [2.05, 4.69) is 17.3 Å². The van der Waals surface area contributed by atoms with Crippen LogP contribution in [0.15, 0.2) is 78.7 Å². The standard InChI is InChI=1S/C21H21FN4O3/c1-3-15(8-7-14(2)22)11-17-12-16(9-10-20(17)25-23)21(27)24-18-5-4-6-19(13-18)26(28)29/h3-10,12-13,25H,1,11,23H2,2H3,(H,24,27)/b14-7+,15-8+. The number of nitrogens with two attached hydrogens (primary N) is 1. The van der Waals surface area contributed by atoms with Crippen molar-refractivity contribution in [1.29, 1.82) is 0 Å². The minimum Gasteiger partial charge on any atom is -0.324 e. The highest BCUT2D eigenvalue weighted by atomic mass is 19.1. The predicted molar refractivity (Wildman–Crippen MR) is 112 cm³/mol. The molecule has 0 unspecified atom stereocenters. The number of anilines is 2. The van der Waals surface area contributed by atoms with Crippen LogP contribution in [0.1, 0.15) is 22.8 Å². The first-order chi connectivity index (χ1) is 13.8. The summed E-state index contributed by atoms with van der Waals surface area (Å²) in [6, 6.07) is 10.5. The second-order valence-corrected chi connectivity index (χ2v) is 6.15. The van der Waals surface area contributed by atoms with Crippen molar-refractivity contribution in [2.45, 2.75) is 13.3 Å². The Morgan fingerprint density at radius 2 is 2.03 bits per heavy atom. The maximum Gasteiger partial charge on any atom is 0.271 e. The van der Waals surface area contributed by atoms with Gasteiger partial charge in [-0.2, -0.15) is 0 Å². The van der Waals surface area contributed by atoms with E-state index in [0.717, 1.165) is 5.57 Å². The van der Waals surface area contributed by atoms with Crippen LogP contribution in [0.5, 0.6) is 0 Å². The van der Waals surface area contributed by atoms with Crippen LogP contribution in [-0.4, -0.2) is 10.8 Å². The number of hydrogen-bond acceptors (Lipinski definition) is 5. The van der Waals surface area contributed by atoms with Gasteiger partial charge in [0.2, 0.25) is 0 Å². The minimum absolute atomic E-state index is 0.122. The number of nitrogens with zero attached hydrogens (tertiary/aromatic N) is 1. The van der Waals surface area contributed by atoms with E-state index in [0.29, 0.717) is 28.9 Å². The van der Waals surface area contributed by atoms with Crippen LogP contribution < -0.4 is 16.6 Å². The maximum atomic E-state index is 13.0. The summed E-state index contributed by atoms with van der Waals surface area (Å²) in [6.07, 6.45) is 4.88. The molecule has 150 valence electrons. The number of nitrogen functional groups attached to an aromatic ring is 1. The minimum atomic E-state index is -0.536.